The van der Waals surface area contributed by atoms with Crippen molar-refractivity contribution >= 4 is 0 Å². The minimum atomic E-state index is 0.661. The molecule has 0 spiro atoms. The number of hydrogen-bond donors (Lipinski definition) is 1. The highest BCUT2D eigenvalue weighted by atomic mass is 16.5. The van der Waals surface area contributed by atoms with E-state index in [0.717, 1.165) is 32.7 Å². The lowest BCUT2D eigenvalue weighted by Crippen LogP contribution is -2.16. The van der Waals surface area contributed by atoms with Crippen LogP contribution in [0.2, 0.25) is 0 Å². The molecule has 0 radical (unpaired) electrons. The van der Waals surface area contributed by atoms with Crippen molar-refractivity contribution in [1.82, 2.24) is 10.3 Å². The molecule has 0 saturated carbocycles. The molecule has 1 heterocycles. The minimum Gasteiger partial charge on any atom is -0.481 e. The van der Waals surface area contributed by atoms with Crippen molar-refractivity contribution in [3.05, 3.63) is 23.9 Å². The Bertz CT molecular complexity index is 292. The van der Waals surface area contributed by atoms with E-state index in [1.165, 1.54) is 5.56 Å². The van der Waals surface area contributed by atoms with Gasteiger partial charge in [-0.05, 0) is 31.5 Å². The van der Waals surface area contributed by atoms with Gasteiger partial charge in [0.2, 0.25) is 5.88 Å². The molecule has 4 nitrogen and oxygen atoms in total. The van der Waals surface area contributed by atoms with Crippen LogP contribution in [0.4, 0.5) is 0 Å². The molecule has 0 amide bonds. The zero-order valence-corrected chi connectivity index (χ0v) is 10.0. The summed E-state index contributed by atoms with van der Waals surface area (Å²) in [6.07, 6.45) is 2.80. The summed E-state index contributed by atoms with van der Waals surface area (Å²) in [4.78, 5) is 4.06. The number of hydrogen-bond acceptors (Lipinski definition) is 4. The maximum absolute atomic E-state index is 5.25. The fraction of sp³-hybridized carbons (Fsp3) is 0.583. The molecule has 4 heteroatoms. The number of nitrogens with one attached hydrogen (secondary N) is 1. The van der Waals surface area contributed by atoms with Crippen LogP contribution >= 0.6 is 0 Å². The summed E-state index contributed by atoms with van der Waals surface area (Å²) in [5, 5.41) is 3.35. The van der Waals surface area contributed by atoms with Gasteiger partial charge in [0.15, 0.2) is 0 Å². The van der Waals surface area contributed by atoms with Crippen LogP contribution in [0.15, 0.2) is 18.3 Å². The predicted molar refractivity (Wildman–Crippen MR) is 63.6 cm³/mol. The zero-order chi connectivity index (χ0) is 11.6. The Morgan fingerprint density at radius 1 is 1.44 bits per heavy atom. The average molecular weight is 224 g/mol. The van der Waals surface area contributed by atoms with Crippen molar-refractivity contribution in [2.75, 3.05) is 26.9 Å². The van der Waals surface area contributed by atoms with E-state index in [0.29, 0.717) is 5.88 Å². The first-order chi connectivity index (χ1) is 7.86. The summed E-state index contributed by atoms with van der Waals surface area (Å²) < 4.78 is 10.3. The van der Waals surface area contributed by atoms with Crippen molar-refractivity contribution in [2.24, 2.45) is 0 Å². The molecule has 0 atom stereocenters. The number of nitrogens with zero attached hydrogens (tertiary/aromatic N) is 1. The second-order valence-electron chi connectivity index (χ2n) is 3.43. The molecule has 16 heavy (non-hydrogen) atoms. The summed E-state index contributed by atoms with van der Waals surface area (Å²) in [7, 11) is 1.63. The molecule has 1 rings (SSSR count). The first-order valence-corrected chi connectivity index (χ1v) is 5.64. The highest BCUT2D eigenvalue weighted by molar-refractivity contribution is 5.20. The smallest absolute Gasteiger partial charge is 0.213 e. The van der Waals surface area contributed by atoms with E-state index in [1.807, 2.05) is 19.1 Å². The highest BCUT2D eigenvalue weighted by Gasteiger charge is 1.96. The molecule has 0 unspecified atom stereocenters. The lowest BCUT2D eigenvalue weighted by atomic mass is 10.2. The second kappa shape index (κ2) is 8.07. The average Bonchev–Trinajstić information content (AvgIpc) is 2.34. The van der Waals surface area contributed by atoms with Gasteiger partial charge in [-0.3, -0.25) is 0 Å². The Labute approximate surface area is 97.0 Å². The van der Waals surface area contributed by atoms with Gasteiger partial charge < -0.3 is 14.8 Å². The lowest BCUT2D eigenvalue weighted by molar-refractivity contribution is 0.144. The largest absolute Gasteiger partial charge is 0.481 e. The first-order valence-electron chi connectivity index (χ1n) is 5.64. The van der Waals surface area contributed by atoms with E-state index in [-0.39, 0.29) is 0 Å². The van der Waals surface area contributed by atoms with Gasteiger partial charge in [-0.25, -0.2) is 4.98 Å². The fourth-order valence-electron chi connectivity index (χ4n) is 1.35. The minimum absolute atomic E-state index is 0.661. The van der Waals surface area contributed by atoms with E-state index in [1.54, 1.807) is 13.3 Å². The van der Waals surface area contributed by atoms with E-state index >= 15 is 0 Å². The van der Waals surface area contributed by atoms with Crippen LogP contribution in [0.3, 0.4) is 0 Å². The van der Waals surface area contributed by atoms with Gasteiger partial charge in [0.25, 0.3) is 0 Å². The SMILES string of the molecule is CCOCCCNCc1ccnc(OC)c1. The predicted octanol–water partition coefficient (Wildman–Crippen LogP) is 1.61. The second-order valence-corrected chi connectivity index (χ2v) is 3.43. The van der Waals surface area contributed by atoms with Crippen LogP contribution in [0.25, 0.3) is 0 Å². The number of rotatable bonds is 8. The van der Waals surface area contributed by atoms with Crippen LogP contribution in [0.1, 0.15) is 18.9 Å². The number of pyridine rings is 1. The molecule has 0 aliphatic heterocycles. The summed E-state index contributed by atoms with van der Waals surface area (Å²) in [6, 6.07) is 3.92. The lowest BCUT2D eigenvalue weighted by Gasteiger charge is -2.06. The van der Waals surface area contributed by atoms with E-state index in [2.05, 4.69) is 10.3 Å². The molecule has 0 saturated heterocycles. The summed E-state index contributed by atoms with van der Waals surface area (Å²) >= 11 is 0. The quantitative estimate of drug-likeness (QED) is 0.681. The third-order valence-electron chi connectivity index (χ3n) is 2.18. The number of methoxy groups -OCH3 is 1. The monoisotopic (exact) mass is 224 g/mol. The number of aromatic nitrogens is 1. The van der Waals surface area contributed by atoms with Crippen LogP contribution in [0.5, 0.6) is 5.88 Å². The van der Waals surface area contributed by atoms with Crippen molar-refractivity contribution in [3.8, 4) is 5.88 Å². The standard InChI is InChI=1S/C12H20N2O2/c1-3-16-8-4-6-13-10-11-5-7-14-12(9-11)15-2/h5,7,9,13H,3-4,6,8,10H2,1-2H3. The van der Waals surface area contributed by atoms with Gasteiger partial charge in [0.05, 0.1) is 7.11 Å². The molecule has 0 aliphatic rings. The Morgan fingerprint density at radius 2 is 2.31 bits per heavy atom. The molecule has 0 fully saturated rings. The third kappa shape index (κ3) is 5.09. The van der Waals surface area contributed by atoms with Crippen molar-refractivity contribution in [1.29, 1.82) is 0 Å². The van der Waals surface area contributed by atoms with E-state index in [4.69, 9.17) is 9.47 Å². The van der Waals surface area contributed by atoms with Gasteiger partial charge >= 0.3 is 0 Å². The summed E-state index contributed by atoms with van der Waals surface area (Å²) in [5.74, 6) is 0.661. The molecule has 1 aromatic heterocycles. The van der Waals surface area contributed by atoms with Gasteiger partial charge in [0, 0.05) is 32.0 Å². The molecule has 1 aromatic rings. The molecule has 0 aliphatic carbocycles. The van der Waals surface area contributed by atoms with Crippen molar-refractivity contribution in [2.45, 2.75) is 19.9 Å². The Hall–Kier alpha value is -1.13. The van der Waals surface area contributed by atoms with Gasteiger partial charge in [-0.15, -0.1) is 0 Å². The zero-order valence-electron chi connectivity index (χ0n) is 10.0. The van der Waals surface area contributed by atoms with Crippen molar-refractivity contribution in [3.63, 3.8) is 0 Å². The van der Waals surface area contributed by atoms with Gasteiger partial charge in [-0.2, -0.15) is 0 Å². The summed E-state index contributed by atoms with van der Waals surface area (Å²) in [5.41, 5.74) is 1.18. The molecule has 0 bridgehead atoms. The van der Waals surface area contributed by atoms with Gasteiger partial charge in [0.1, 0.15) is 0 Å². The normalized spacial score (nSPS) is 10.4. The van der Waals surface area contributed by atoms with Crippen LogP contribution < -0.4 is 10.1 Å². The Morgan fingerprint density at radius 3 is 3.06 bits per heavy atom. The Kier molecular flexibility index (Phi) is 6.53. The molecular formula is C12H20N2O2. The molecule has 90 valence electrons. The van der Waals surface area contributed by atoms with Crippen LogP contribution in [-0.2, 0) is 11.3 Å². The van der Waals surface area contributed by atoms with Gasteiger partial charge in [-0.1, -0.05) is 0 Å². The van der Waals surface area contributed by atoms with Crippen LogP contribution in [-0.4, -0.2) is 31.9 Å². The molecule has 1 N–H and O–H groups in total. The first kappa shape index (κ1) is 12.9. The fourth-order valence-corrected chi connectivity index (χ4v) is 1.35. The van der Waals surface area contributed by atoms with E-state index in [9.17, 15) is 0 Å². The third-order valence-corrected chi connectivity index (χ3v) is 2.18. The maximum atomic E-state index is 5.25. The maximum Gasteiger partial charge on any atom is 0.213 e. The highest BCUT2D eigenvalue weighted by Crippen LogP contribution is 2.07. The topological polar surface area (TPSA) is 43.4 Å². The number of ether oxygens (including phenoxy) is 2. The van der Waals surface area contributed by atoms with Crippen molar-refractivity contribution < 1.29 is 9.47 Å². The summed E-state index contributed by atoms with van der Waals surface area (Å²) in [6.45, 7) is 5.43. The molecule has 0 aromatic carbocycles. The Balaban J connectivity index is 2.16. The van der Waals surface area contributed by atoms with E-state index < -0.39 is 0 Å². The molecular weight excluding hydrogens is 204 g/mol. The van der Waals surface area contributed by atoms with Crippen LogP contribution in [0, 0.1) is 0 Å².